The molecule has 2 rings (SSSR count). The lowest BCUT2D eigenvalue weighted by atomic mass is 9.98. The van der Waals surface area contributed by atoms with Crippen LogP contribution in [0.2, 0.25) is 0 Å². The van der Waals surface area contributed by atoms with Gasteiger partial charge in [-0.05, 0) is 38.3 Å². The van der Waals surface area contributed by atoms with Gasteiger partial charge in [0.15, 0.2) is 0 Å². The molecule has 1 aromatic carbocycles. The third kappa shape index (κ3) is 6.13. The predicted molar refractivity (Wildman–Crippen MR) is 105 cm³/mol. The van der Waals surface area contributed by atoms with Gasteiger partial charge in [-0.3, -0.25) is 14.5 Å². The van der Waals surface area contributed by atoms with Crippen LogP contribution in [-0.2, 0) is 16.1 Å². The van der Waals surface area contributed by atoms with Crippen LogP contribution in [0.15, 0.2) is 30.3 Å². The molecule has 1 aliphatic heterocycles. The first-order valence-electron chi connectivity index (χ1n) is 9.84. The number of amides is 2. The van der Waals surface area contributed by atoms with Crippen molar-refractivity contribution in [2.24, 2.45) is 5.92 Å². The van der Waals surface area contributed by atoms with Gasteiger partial charge in [-0.1, -0.05) is 44.2 Å². The van der Waals surface area contributed by atoms with Crippen molar-refractivity contribution >= 4 is 11.8 Å². The molecule has 2 amide bonds. The van der Waals surface area contributed by atoms with Crippen molar-refractivity contribution < 1.29 is 9.59 Å². The number of carbonyl (C=O) groups excluding carboxylic acids is 2. The predicted octanol–water partition coefficient (Wildman–Crippen LogP) is 2.66. The second-order valence-corrected chi connectivity index (χ2v) is 7.34. The molecular formula is C21H33N3O2. The lowest BCUT2D eigenvalue weighted by Crippen LogP contribution is -2.49. The summed E-state index contributed by atoms with van der Waals surface area (Å²) in [6.45, 7) is 6.80. The molecular weight excluding hydrogens is 326 g/mol. The standard InChI is InChI=1S/C21H33N3O2/c1-4-18(5-2)21(26)24-13-11-19(12-14-24)22-20(25)16-23(3)15-17-9-7-6-8-10-17/h6-10,18-19H,4-5,11-16H2,1-3H3,(H,22,25). The van der Waals surface area contributed by atoms with Gasteiger partial charge in [0, 0.05) is 31.6 Å². The van der Waals surface area contributed by atoms with Gasteiger partial charge in [0.05, 0.1) is 6.54 Å². The van der Waals surface area contributed by atoms with Gasteiger partial charge in [0.2, 0.25) is 11.8 Å². The van der Waals surface area contributed by atoms with E-state index in [-0.39, 0.29) is 23.8 Å². The number of rotatable bonds is 8. The Morgan fingerprint density at radius 3 is 2.35 bits per heavy atom. The van der Waals surface area contributed by atoms with Gasteiger partial charge in [-0.25, -0.2) is 0 Å². The van der Waals surface area contributed by atoms with Crippen LogP contribution in [0.25, 0.3) is 0 Å². The van der Waals surface area contributed by atoms with Crippen LogP contribution in [-0.4, -0.2) is 54.3 Å². The van der Waals surface area contributed by atoms with E-state index in [4.69, 9.17) is 0 Å². The van der Waals surface area contributed by atoms with Crippen molar-refractivity contribution in [3.8, 4) is 0 Å². The van der Waals surface area contributed by atoms with Gasteiger partial charge >= 0.3 is 0 Å². The summed E-state index contributed by atoms with van der Waals surface area (Å²) in [5, 5.41) is 3.13. The number of nitrogens with zero attached hydrogens (tertiary/aromatic N) is 2. The average molecular weight is 360 g/mol. The molecule has 0 atom stereocenters. The molecule has 1 fully saturated rings. The molecule has 5 heteroatoms. The molecule has 0 spiro atoms. The van der Waals surface area contributed by atoms with Crippen LogP contribution in [0, 0.1) is 5.92 Å². The van der Waals surface area contributed by atoms with Gasteiger partial charge in [0.1, 0.15) is 0 Å². The molecule has 1 aliphatic rings. The van der Waals surface area contributed by atoms with Gasteiger partial charge in [-0.15, -0.1) is 0 Å². The zero-order valence-corrected chi connectivity index (χ0v) is 16.4. The minimum atomic E-state index is 0.0631. The first kappa shape index (κ1) is 20.4. The molecule has 0 bridgehead atoms. The fourth-order valence-electron chi connectivity index (χ4n) is 3.61. The molecule has 0 radical (unpaired) electrons. The first-order valence-corrected chi connectivity index (χ1v) is 9.84. The second-order valence-electron chi connectivity index (χ2n) is 7.34. The molecule has 0 aromatic heterocycles. The van der Waals surface area contributed by atoms with Crippen molar-refractivity contribution in [3.05, 3.63) is 35.9 Å². The number of likely N-dealkylation sites (N-methyl/N-ethyl adjacent to an activating group) is 1. The molecule has 5 nitrogen and oxygen atoms in total. The Balaban J connectivity index is 1.71. The Bertz CT molecular complexity index is 564. The number of piperidine rings is 1. The quantitative estimate of drug-likeness (QED) is 0.776. The number of hydrogen-bond donors (Lipinski definition) is 1. The maximum Gasteiger partial charge on any atom is 0.234 e. The Kier molecular flexibility index (Phi) is 8.10. The molecule has 1 N–H and O–H groups in total. The zero-order chi connectivity index (χ0) is 18.9. The van der Waals surface area contributed by atoms with E-state index in [2.05, 4.69) is 31.3 Å². The summed E-state index contributed by atoms with van der Waals surface area (Å²) in [6, 6.07) is 10.3. The van der Waals surface area contributed by atoms with E-state index in [0.717, 1.165) is 45.3 Å². The minimum Gasteiger partial charge on any atom is -0.352 e. The van der Waals surface area contributed by atoms with Crippen molar-refractivity contribution in [2.45, 2.75) is 52.1 Å². The topological polar surface area (TPSA) is 52.7 Å². The fraction of sp³-hybridized carbons (Fsp3) is 0.619. The highest BCUT2D eigenvalue weighted by atomic mass is 16.2. The van der Waals surface area contributed by atoms with Crippen molar-refractivity contribution in [2.75, 3.05) is 26.7 Å². The highest BCUT2D eigenvalue weighted by Crippen LogP contribution is 2.17. The molecule has 0 saturated carbocycles. The second kappa shape index (κ2) is 10.3. The molecule has 26 heavy (non-hydrogen) atoms. The summed E-state index contributed by atoms with van der Waals surface area (Å²) in [5.74, 6) is 0.489. The SMILES string of the molecule is CCC(CC)C(=O)N1CCC(NC(=O)CN(C)Cc2ccccc2)CC1. The van der Waals surface area contributed by atoms with Crippen molar-refractivity contribution in [1.29, 1.82) is 0 Å². The number of likely N-dealkylation sites (tertiary alicyclic amines) is 1. The van der Waals surface area contributed by atoms with E-state index >= 15 is 0 Å². The van der Waals surface area contributed by atoms with Crippen LogP contribution in [0.4, 0.5) is 0 Å². The van der Waals surface area contributed by atoms with E-state index in [0.29, 0.717) is 6.54 Å². The summed E-state index contributed by atoms with van der Waals surface area (Å²) >= 11 is 0. The number of carbonyl (C=O) groups is 2. The smallest absolute Gasteiger partial charge is 0.234 e. The Hall–Kier alpha value is -1.88. The molecule has 144 valence electrons. The molecule has 1 aromatic rings. The average Bonchev–Trinajstić information content (AvgIpc) is 2.63. The van der Waals surface area contributed by atoms with E-state index in [1.54, 1.807) is 0 Å². The van der Waals surface area contributed by atoms with E-state index in [9.17, 15) is 9.59 Å². The van der Waals surface area contributed by atoms with Gasteiger partial charge in [0.25, 0.3) is 0 Å². The molecule has 1 heterocycles. The normalized spacial score (nSPS) is 15.5. The largest absolute Gasteiger partial charge is 0.352 e. The van der Waals surface area contributed by atoms with Crippen LogP contribution < -0.4 is 5.32 Å². The first-order chi connectivity index (χ1) is 12.5. The lowest BCUT2D eigenvalue weighted by molar-refractivity contribution is -0.137. The van der Waals surface area contributed by atoms with E-state index in [1.807, 2.05) is 35.0 Å². The molecule has 0 aliphatic carbocycles. The number of benzene rings is 1. The number of hydrogen-bond acceptors (Lipinski definition) is 3. The summed E-state index contributed by atoms with van der Waals surface area (Å²) < 4.78 is 0. The van der Waals surface area contributed by atoms with E-state index in [1.165, 1.54) is 5.56 Å². The Morgan fingerprint density at radius 1 is 1.15 bits per heavy atom. The van der Waals surface area contributed by atoms with Crippen LogP contribution in [0.3, 0.4) is 0 Å². The van der Waals surface area contributed by atoms with Crippen LogP contribution in [0.5, 0.6) is 0 Å². The highest BCUT2D eigenvalue weighted by molar-refractivity contribution is 5.79. The van der Waals surface area contributed by atoms with E-state index < -0.39 is 0 Å². The minimum absolute atomic E-state index is 0.0631. The maximum absolute atomic E-state index is 12.4. The molecule has 0 unspecified atom stereocenters. The monoisotopic (exact) mass is 359 g/mol. The van der Waals surface area contributed by atoms with Gasteiger partial charge < -0.3 is 10.2 Å². The van der Waals surface area contributed by atoms with Crippen molar-refractivity contribution in [1.82, 2.24) is 15.1 Å². The maximum atomic E-state index is 12.4. The zero-order valence-electron chi connectivity index (χ0n) is 16.4. The van der Waals surface area contributed by atoms with Gasteiger partial charge in [-0.2, -0.15) is 0 Å². The third-order valence-electron chi connectivity index (χ3n) is 5.22. The summed E-state index contributed by atoms with van der Waals surface area (Å²) in [7, 11) is 1.96. The lowest BCUT2D eigenvalue weighted by Gasteiger charge is -2.34. The third-order valence-corrected chi connectivity index (χ3v) is 5.22. The van der Waals surface area contributed by atoms with Crippen molar-refractivity contribution in [3.63, 3.8) is 0 Å². The molecule has 1 saturated heterocycles. The Morgan fingerprint density at radius 2 is 1.77 bits per heavy atom. The summed E-state index contributed by atoms with van der Waals surface area (Å²) in [5.41, 5.74) is 1.20. The number of nitrogens with one attached hydrogen (secondary N) is 1. The summed E-state index contributed by atoms with van der Waals surface area (Å²) in [6.07, 6.45) is 3.50. The Labute approximate surface area is 157 Å². The fourth-order valence-corrected chi connectivity index (χ4v) is 3.61. The summed E-state index contributed by atoms with van der Waals surface area (Å²) in [4.78, 5) is 28.7. The highest BCUT2D eigenvalue weighted by Gasteiger charge is 2.27. The van der Waals surface area contributed by atoms with Crippen LogP contribution >= 0.6 is 0 Å². The van der Waals surface area contributed by atoms with Crippen LogP contribution in [0.1, 0.15) is 45.1 Å².